The molecule has 3 aliphatic rings. The van der Waals surface area contributed by atoms with Gasteiger partial charge in [-0.05, 0) is 90.9 Å². The number of fused-ring (bicyclic) bond motifs is 5. The van der Waals surface area contributed by atoms with Crippen molar-refractivity contribution in [3.63, 3.8) is 0 Å². The highest BCUT2D eigenvalue weighted by molar-refractivity contribution is 5.41. The SMILES string of the molecule is CCCCCC[C@@H]1Cc2cc(OCOC)ccc2[C@H]2CC[C@]3(C)[C@@H](OCOC)CC[C@H]3[C@H]12. The highest BCUT2D eigenvalue weighted by Crippen LogP contribution is 2.63. The monoisotopic (exact) mass is 444 g/mol. The number of rotatable bonds is 11. The molecule has 2 fully saturated rings. The maximum atomic E-state index is 6.22. The lowest BCUT2D eigenvalue weighted by Crippen LogP contribution is -2.47. The van der Waals surface area contributed by atoms with E-state index < -0.39 is 0 Å². The van der Waals surface area contributed by atoms with Crippen LogP contribution in [0.5, 0.6) is 5.75 Å². The summed E-state index contributed by atoms with van der Waals surface area (Å²) in [5, 5.41) is 0. The van der Waals surface area contributed by atoms with Crippen molar-refractivity contribution in [2.24, 2.45) is 23.2 Å². The van der Waals surface area contributed by atoms with Crippen LogP contribution in [0.1, 0.15) is 88.7 Å². The average molecular weight is 445 g/mol. The molecule has 0 aromatic heterocycles. The van der Waals surface area contributed by atoms with E-state index in [-0.39, 0.29) is 0 Å². The van der Waals surface area contributed by atoms with Crippen molar-refractivity contribution in [3.8, 4) is 5.75 Å². The lowest BCUT2D eigenvalue weighted by Gasteiger charge is -2.53. The molecule has 32 heavy (non-hydrogen) atoms. The molecule has 4 rings (SSSR count). The minimum atomic E-state index is 0.292. The zero-order chi connectivity index (χ0) is 22.6. The Morgan fingerprint density at radius 3 is 2.62 bits per heavy atom. The molecule has 0 N–H and O–H groups in total. The van der Waals surface area contributed by atoms with Crippen molar-refractivity contribution >= 4 is 0 Å². The summed E-state index contributed by atoms with van der Waals surface area (Å²) in [4.78, 5) is 0. The van der Waals surface area contributed by atoms with Gasteiger partial charge in [0.2, 0.25) is 0 Å². The van der Waals surface area contributed by atoms with Gasteiger partial charge in [0.1, 0.15) is 12.5 Å². The van der Waals surface area contributed by atoms with Crippen LogP contribution in [0, 0.1) is 23.2 Å². The average Bonchev–Trinajstić information content (AvgIpc) is 3.14. The number of ether oxygens (including phenoxy) is 4. The number of methoxy groups -OCH3 is 2. The van der Waals surface area contributed by atoms with Crippen molar-refractivity contribution in [1.29, 1.82) is 0 Å². The second-order valence-electron chi connectivity index (χ2n) is 10.7. The Labute approximate surface area is 195 Å². The minimum absolute atomic E-state index is 0.292. The summed E-state index contributed by atoms with van der Waals surface area (Å²) in [6.45, 7) is 5.56. The summed E-state index contributed by atoms with van der Waals surface area (Å²) in [6.07, 6.45) is 13.3. The highest BCUT2D eigenvalue weighted by atomic mass is 16.7. The number of hydrogen-bond donors (Lipinski definition) is 0. The van der Waals surface area contributed by atoms with Crippen molar-refractivity contribution in [2.75, 3.05) is 27.8 Å². The third-order valence-corrected chi connectivity index (χ3v) is 8.95. The molecule has 0 saturated heterocycles. The highest BCUT2D eigenvalue weighted by Gasteiger charge is 2.57. The summed E-state index contributed by atoms with van der Waals surface area (Å²) in [5.41, 5.74) is 3.41. The van der Waals surface area contributed by atoms with Crippen LogP contribution in [0.2, 0.25) is 0 Å². The van der Waals surface area contributed by atoms with Gasteiger partial charge in [-0.1, -0.05) is 45.6 Å². The van der Waals surface area contributed by atoms with E-state index in [0.717, 1.165) is 23.5 Å². The van der Waals surface area contributed by atoms with Crippen LogP contribution < -0.4 is 4.74 Å². The topological polar surface area (TPSA) is 36.9 Å². The molecule has 0 aliphatic heterocycles. The molecule has 1 aromatic rings. The van der Waals surface area contributed by atoms with Crippen molar-refractivity contribution in [2.45, 2.75) is 90.1 Å². The van der Waals surface area contributed by atoms with E-state index in [4.69, 9.17) is 18.9 Å². The molecule has 0 bridgehead atoms. The van der Waals surface area contributed by atoms with E-state index in [1.54, 1.807) is 19.8 Å². The first-order valence-corrected chi connectivity index (χ1v) is 13.0. The van der Waals surface area contributed by atoms with Crippen LogP contribution in [-0.2, 0) is 20.6 Å². The fourth-order valence-electron chi connectivity index (χ4n) is 7.47. The zero-order valence-electron chi connectivity index (χ0n) is 20.7. The predicted molar refractivity (Wildman–Crippen MR) is 128 cm³/mol. The molecule has 0 radical (unpaired) electrons. The summed E-state index contributed by atoms with van der Waals surface area (Å²) >= 11 is 0. The Kier molecular flexibility index (Phi) is 8.18. The van der Waals surface area contributed by atoms with Crippen molar-refractivity contribution < 1.29 is 18.9 Å². The summed E-state index contributed by atoms with van der Waals surface area (Å²) in [5.74, 6) is 3.95. The van der Waals surface area contributed by atoms with E-state index in [2.05, 4.69) is 32.0 Å². The molecule has 0 spiro atoms. The van der Waals surface area contributed by atoms with Gasteiger partial charge in [-0.15, -0.1) is 0 Å². The van der Waals surface area contributed by atoms with Gasteiger partial charge < -0.3 is 18.9 Å². The van der Waals surface area contributed by atoms with Crippen LogP contribution in [0.4, 0.5) is 0 Å². The molecule has 6 atom stereocenters. The Morgan fingerprint density at radius 2 is 1.84 bits per heavy atom. The first kappa shape index (κ1) is 24.0. The Morgan fingerprint density at radius 1 is 1.00 bits per heavy atom. The molecule has 1 aromatic carbocycles. The molecule has 0 heterocycles. The van der Waals surface area contributed by atoms with Crippen LogP contribution in [0.3, 0.4) is 0 Å². The third-order valence-electron chi connectivity index (χ3n) is 8.95. The number of unbranched alkanes of at least 4 members (excludes halogenated alkanes) is 3. The largest absolute Gasteiger partial charge is 0.468 e. The van der Waals surface area contributed by atoms with E-state index in [1.807, 2.05) is 0 Å². The van der Waals surface area contributed by atoms with Crippen LogP contribution in [0.25, 0.3) is 0 Å². The van der Waals surface area contributed by atoms with Gasteiger partial charge in [0.25, 0.3) is 0 Å². The van der Waals surface area contributed by atoms with E-state index in [1.165, 1.54) is 69.8 Å². The van der Waals surface area contributed by atoms with Gasteiger partial charge in [-0.3, -0.25) is 0 Å². The lowest BCUT2D eigenvalue weighted by molar-refractivity contribution is -0.128. The third kappa shape index (κ3) is 4.74. The fourth-order valence-corrected chi connectivity index (χ4v) is 7.47. The Balaban J connectivity index is 1.59. The predicted octanol–water partition coefficient (Wildman–Crippen LogP) is 6.71. The normalized spacial score (nSPS) is 33.4. The van der Waals surface area contributed by atoms with E-state index in [0.29, 0.717) is 31.0 Å². The van der Waals surface area contributed by atoms with E-state index in [9.17, 15) is 0 Å². The summed E-state index contributed by atoms with van der Waals surface area (Å²) in [6, 6.07) is 6.82. The minimum Gasteiger partial charge on any atom is -0.468 e. The quantitative estimate of drug-likeness (QED) is 0.281. The first-order chi connectivity index (χ1) is 15.6. The van der Waals surface area contributed by atoms with Gasteiger partial charge in [-0.2, -0.15) is 0 Å². The maximum Gasteiger partial charge on any atom is 0.188 e. The zero-order valence-corrected chi connectivity index (χ0v) is 20.7. The summed E-state index contributed by atoms with van der Waals surface area (Å²) in [7, 11) is 3.42. The van der Waals surface area contributed by atoms with Crippen molar-refractivity contribution in [1.82, 2.24) is 0 Å². The van der Waals surface area contributed by atoms with Crippen LogP contribution in [0.15, 0.2) is 18.2 Å². The standard InChI is InChI=1S/C28H44O4/c1-5-6-7-8-9-20-16-21-17-22(31-18-29-3)10-11-23(21)24-14-15-28(2)25(27(20)24)12-13-26(28)32-19-30-4/h10-11,17,20,24-27H,5-9,12-16,18-19H2,1-4H3/t20-,24-,25+,26+,27-,28+/m1/s1. The molecule has 0 unspecified atom stereocenters. The van der Waals surface area contributed by atoms with E-state index >= 15 is 0 Å². The molecule has 3 aliphatic carbocycles. The molecule has 0 amide bonds. The second kappa shape index (κ2) is 10.9. The van der Waals surface area contributed by atoms with Gasteiger partial charge in [0.05, 0.1) is 6.10 Å². The molecular formula is C28H44O4. The Bertz CT molecular complexity index is 734. The Hall–Kier alpha value is -1.10. The van der Waals surface area contributed by atoms with Crippen LogP contribution in [-0.4, -0.2) is 33.9 Å². The molecular weight excluding hydrogens is 400 g/mol. The van der Waals surface area contributed by atoms with Gasteiger partial charge in [0.15, 0.2) is 6.79 Å². The smallest absolute Gasteiger partial charge is 0.188 e. The summed E-state index contributed by atoms with van der Waals surface area (Å²) < 4.78 is 22.4. The molecule has 4 nitrogen and oxygen atoms in total. The fraction of sp³-hybridized carbons (Fsp3) is 0.786. The maximum absolute atomic E-state index is 6.22. The molecule has 180 valence electrons. The molecule has 2 saturated carbocycles. The molecule has 4 heteroatoms. The van der Waals surface area contributed by atoms with Gasteiger partial charge in [-0.25, -0.2) is 0 Å². The van der Waals surface area contributed by atoms with Crippen molar-refractivity contribution in [3.05, 3.63) is 29.3 Å². The number of hydrogen-bond acceptors (Lipinski definition) is 4. The van der Waals surface area contributed by atoms with Gasteiger partial charge >= 0.3 is 0 Å². The van der Waals surface area contributed by atoms with Crippen LogP contribution >= 0.6 is 0 Å². The van der Waals surface area contributed by atoms with Gasteiger partial charge in [0, 0.05) is 14.2 Å². The second-order valence-corrected chi connectivity index (χ2v) is 10.7. The lowest BCUT2D eigenvalue weighted by atomic mass is 9.52. The first-order valence-electron chi connectivity index (χ1n) is 13.0. The number of benzene rings is 1.